The molecule has 1 rings (SSSR count). The van der Waals surface area contributed by atoms with Crippen molar-refractivity contribution < 1.29 is 0 Å². The van der Waals surface area contributed by atoms with Crippen LogP contribution in [0, 0.1) is 9.94 Å². The van der Waals surface area contributed by atoms with Gasteiger partial charge in [0.25, 0.3) is 0 Å². The summed E-state index contributed by atoms with van der Waals surface area (Å²) in [7, 11) is 0. The van der Waals surface area contributed by atoms with Crippen LogP contribution in [0.1, 0.15) is 5.69 Å². The van der Waals surface area contributed by atoms with Crippen LogP contribution in [0.15, 0.2) is 5.38 Å². The molecule has 7 heavy (non-hydrogen) atoms. The summed E-state index contributed by atoms with van der Waals surface area (Å²) in [5.41, 5.74) is 0.870. The number of thiazole rings is 1. The van der Waals surface area contributed by atoms with Gasteiger partial charge in [0, 0.05) is 5.38 Å². The topological polar surface area (TPSA) is 12.9 Å². The number of halogens is 1. The maximum Gasteiger partial charge on any atom is 0.154 e. The Morgan fingerprint density at radius 2 is 2.57 bits per heavy atom. The molecule has 0 N–H and O–H groups in total. The highest BCUT2D eigenvalue weighted by atomic mass is 127. The van der Waals surface area contributed by atoms with Crippen LogP contribution in [0.4, 0.5) is 0 Å². The minimum Gasteiger partial charge on any atom is -0.235 e. The molecule has 1 nitrogen and oxygen atoms in total. The Balaban J connectivity index is 3.04. The predicted molar refractivity (Wildman–Crippen MR) is 39.3 cm³/mol. The SMILES string of the molecule is [CH2]c1csc(I)n1. The molecule has 3 heteroatoms. The largest absolute Gasteiger partial charge is 0.235 e. The van der Waals surface area contributed by atoms with Gasteiger partial charge in [-0.15, -0.1) is 11.3 Å². The van der Waals surface area contributed by atoms with E-state index in [4.69, 9.17) is 0 Å². The highest BCUT2D eigenvalue weighted by Gasteiger charge is 1.88. The van der Waals surface area contributed by atoms with Gasteiger partial charge in [-0.25, -0.2) is 4.98 Å². The van der Waals surface area contributed by atoms with Gasteiger partial charge in [-0.2, -0.15) is 0 Å². The van der Waals surface area contributed by atoms with E-state index in [9.17, 15) is 0 Å². The summed E-state index contributed by atoms with van der Waals surface area (Å²) < 4.78 is 1.06. The van der Waals surface area contributed by atoms with Gasteiger partial charge >= 0.3 is 0 Å². The second-order valence-electron chi connectivity index (χ2n) is 1.09. The van der Waals surface area contributed by atoms with Gasteiger partial charge in [0.05, 0.1) is 5.69 Å². The Morgan fingerprint density at radius 1 is 1.86 bits per heavy atom. The van der Waals surface area contributed by atoms with Crippen LogP contribution >= 0.6 is 33.9 Å². The average Bonchev–Trinajstić information content (AvgIpc) is 1.87. The molecule has 0 aliphatic heterocycles. The highest BCUT2D eigenvalue weighted by molar-refractivity contribution is 14.1. The van der Waals surface area contributed by atoms with Gasteiger partial charge in [-0.3, -0.25) is 0 Å². The Morgan fingerprint density at radius 3 is 2.71 bits per heavy atom. The summed E-state index contributed by atoms with van der Waals surface area (Å²) in [4.78, 5) is 4.01. The second-order valence-corrected chi connectivity index (χ2v) is 3.70. The van der Waals surface area contributed by atoms with Crippen molar-refractivity contribution in [1.82, 2.24) is 4.98 Å². The summed E-state index contributed by atoms with van der Waals surface area (Å²) in [5, 5.41) is 1.93. The summed E-state index contributed by atoms with van der Waals surface area (Å²) >= 11 is 3.79. The number of nitrogens with zero attached hydrogens (tertiary/aromatic N) is 1. The quantitative estimate of drug-likeness (QED) is 0.613. The Bertz CT molecular complexity index is 144. The lowest BCUT2D eigenvalue weighted by atomic mass is 10.6. The van der Waals surface area contributed by atoms with Crippen molar-refractivity contribution in [2.75, 3.05) is 0 Å². The molecule has 0 fully saturated rings. The van der Waals surface area contributed by atoms with Crippen molar-refractivity contribution in [2.24, 2.45) is 0 Å². The van der Waals surface area contributed by atoms with Crippen molar-refractivity contribution in [2.45, 2.75) is 0 Å². The van der Waals surface area contributed by atoms with Crippen LogP contribution in [0.5, 0.6) is 0 Å². The van der Waals surface area contributed by atoms with E-state index in [2.05, 4.69) is 34.5 Å². The molecule has 0 atom stereocenters. The van der Waals surface area contributed by atoms with Gasteiger partial charge < -0.3 is 0 Å². The Hall–Kier alpha value is 0.360. The summed E-state index contributed by atoms with van der Waals surface area (Å²) in [5.74, 6) is 0. The molecule has 0 aromatic carbocycles. The van der Waals surface area contributed by atoms with E-state index in [0.29, 0.717) is 0 Å². The molecule has 37 valence electrons. The molecule has 0 aliphatic rings. The lowest BCUT2D eigenvalue weighted by molar-refractivity contribution is 1.31. The molecular weight excluding hydrogens is 221 g/mol. The molecular formula is C4H3INS. The van der Waals surface area contributed by atoms with Crippen LogP contribution in [-0.4, -0.2) is 4.98 Å². The van der Waals surface area contributed by atoms with Crippen LogP contribution in [0.25, 0.3) is 0 Å². The molecule has 1 heterocycles. The number of rotatable bonds is 0. The number of hydrogen-bond donors (Lipinski definition) is 0. The molecule has 0 saturated carbocycles. The molecule has 0 bridgehead atoms. The summed E-state index contributed by atoms with van der Waals surface area (Å²) in [6, 6.07) is 0. The first kappa shape index (κ1) is 5.50. The van der Waals surface area contributed by atoms with E-state index in [1.165, 1.54) is 0 Å². The van der Waals surface area contributed by atoms with Gasteiger partial charge in [0.1, 0.15) is 0 Å². The zero-order valence-electron chi connectivity index (χ0n) is 3.52. The van der Waals surface area contributed by atoms with Gasteiger partial charge in [-0.05, 0) is 29.5 Å². The zero-order chi connectivity index (χ0) is 5.28. The van der Waals surface area contributed by atoms with Crippen LogP contribution in [0.2, 0.25) is 0 Å². The van der Waals surface area contributed by atoms with Crippen LogP contribution < -0.4 is 0 Å². The van der Waals surface area contributed by atoms with E-state index in [1.807, 2.05) is 5.38 Å². The zero-order valence-corrected chi connectivity index (χ0v) is 6.49. The Labute approximate surface area is 59.9 Å². The normalized spacial score (nSPS) is 9.43. The summed E-state index contributed by atoms with van der Waals surface area (Å²) in [6.07, 6.45) is 0. The van der Waals surface area contributed by atoms with E-state index < -0.39 is 0 Å². The van der Waals surface area contributed by atoms with Crippen LogP contribution in [0.3, 0.4) is 0 Å². The first-order valence-electron chi connectivity index (χ1n) is 1.72. The average molecular weight is 224 g/mol. The van der Waals surface area contributed by atoms with Crippen LogP contribution in [-0.2, 0) is 0 Å². The highest BCUT2D eigenvalue weighted by Crippen LogP contribution is 2.09. The van der Waals surface area contributed by atoms with Crippen molar-refractivity contribution in [3.63, 3.8) is 0 Å². The molecule has 1 aromatic heterocycles. The molecule has 0 amide bonds. The fraction of sp³-hybridized carbons (Fsp3) is 0. The van der Waals surface area contributed by atoms with Crippen molar-refractivity contribution in [1.29, 1.82) is 0 Å². The smallest absolute Gasteiger partial charge is 0.154 e. The van der Waals surface area contributed by atoms with Crippen molar-refractivity contribution in [3.8, 4) is 0 Å². The molecule has 1 aromatic rings. The Kier molecular flexibility index (Phi) is 1.64. The fourth-order valence-electron chi connectivity index (χ4n) is 0.282. The third kappa shape index (κ3) is 1.38. The first-order chi connectivity index (χ1) is 3.29. The molecule has 1 radical (unpaired) electrons. The third-order valence-corrected chi connectivity index (χ3v) is 2.20. The van der Waals surface area contributed by atoms with E-state index in [0.717, 1.165) is 8.71 Å². The predicted octanol–water partition coefficient (Wildman–Crippen LogP) is 1.93. The lowest BCUT2D eigenvalue weighted by Gasteiger charge is -1.68. The fourth-order valence-corrected chi connectivity index (χ4v) is 1.43. The minimum absolute atomic E-state index is 0.870. The molecule has 0 unspecified atom stereocenters. The summed E-state index contributed by atoms with van der Waals surface area (Å²) in [6.45, 7) is 3.64. The maximum absolute atomic E-state index is 4.01. The monoisotopic (exact) mass is 224 g/mol. The van der Waals surface area contributed by atoms with Gasteiger partial charge in [0.15, 0.2) is 3.01 Å². The first-order valence-corrected chi connectivity index (χ1v) is 3.68. The molecule has 0 saturated heterocycles. The maximum atomic E-state index is 4.01. The van der Waals surface area contributed by atoms with E-state index in [1.54, 1.807) is 11.3 Å². The second kappa shape index (κ2) is 2.09. The number of aromatic nitrogens is 1. The third-order valence-electron chi connectivity index (χ3n) is 0.524. The van der Waals surface area contributed by atoms with Gasteiger partial charge in [0.2, 0.25) is 0 Å². The van der Waals surface area contributed by atoms with Crippen molar-refractivity contribution in [3.05, 3.63) is 21.0 Å². The molecule has 0 aliphatic carbocycles. The van der Waals surface area contributed by atoms with Gasteiger partial charge in [-0.1, -0.05) is 0 Å². The lowest BCUT2D eigenvalue weighted by Crippen LogP contribution is -1.66. The standard InChI is InChI=1S/C4H3INS/c1-3-2-7-4(5)6-3/h2H,1H2. The van der Waals surface area contributed by atoms with E-state index in [-0.39, 0.29) is 0 Å². The molecule has 0 spiro atoms. The minimum atomic E-state index is 0.870. The number of hydrogen-bond acceptors (Lipinski definition) is 2. The van der Waals surface area contributed by atoms with Crippen molar-refractivity contribution >= 4 is 33.9 Å². The van der Waals surface area contributed by atoms with E-state index >= 15 is 0 Å².